The molecule has 7 nitrogen and oxygen atoms in total. The topological polar surface area (TPSA) is 88.1 Å². The zero-order chi connectivity index (χ0) is 17.5. The second-order valence-electron chi connectivity index (χ2n) is 6.10. The van der Waals surface area contributed by atoms with E-state index in [4.69, 9.17) is 0 Å². The number of rotatable bonds is 6. The second-order valence-corrected chi connectivity index (χ2v) is 6.10. The Labute approximate surface area is 146 Å². The monoisotopic (exact) mass is 341 g/mol. The van der Waals surface area contributed by atoms with Gasteiger partial charge in [0.2, 0.25) is 5.91 Å². The molecule has 7 heteroatoms. The van der Waals surface area contributed by atoms with Gasteiger partial charge in [-0.3, -0.25) is 14.3 Å². The molecule has 1 saturated heterocycles. The van der Waals surface area contributed by atoms with Gasteiger partial charge in [0, 0.05) is 31.4 Å². The average Bonchev–Trinajstić information content (AvgIpc) is 3.13. The molecule has 1 aromatic heterocycles. The van der Waals surface area contributed by atoms with Crippen LogP contribution in [0.3, 0.4) is 0 Å². The van der Waals surface area contributed by atoms with Gasteiger partial charge in [-0.2, -0.15) is 5.10 Å². The number of carbonyl (C=O) groups is 2. The van der Waals surface area contributed by atoms with Crippen molar-refractivity contribution in [1.29, 1.82) is 0 Å². The van der Waals surface area contributed by atoms with E-state index >= 15 is 0 Å². The lowest BCUT2D eigenvalue weighted by Crippen LogP contribution is -2.32. The van der Waals surface area contributed by atoms with E-state index in [0.717, 1.165) is 31.6 Å². The molecule has 2 aromatic rings. The first-order valence-electron chi connectivity index (χ1n) is 8.61. The summed E-state index contributed by atoms with van der Waals surface area (Å²) in [4.78, 5) is 24.0. The maximum Gasteiger partial charge on any atom is 0.271 e. The molecule has 132 valence electrons. The molecule has 1 unspecified atom stereocenters. The van der Waals surface area contributed by atoms with Crippen molar-refractivity contribution in [3.05, 3.63) is 48.3 Å². The van der Waals surface area contributed by atoms with E-state index in [1.165, 1.54) is 0 Å². The van der Waals surface area contributed by atoms with Crippen molar-refractivity contribution >= 4 is 17.5 Å². The molecule has 0 aliphatic carbocycles. The largest absolute Gasteiger partial charge is 0.350 e. The fourth-order valence-electron chi connectivity index (χ4n) is 2.85. The minimum absolute atomic E-state index is 0.134. The quantitative estimate of drug-likeness (QED) is 0.744. The first kappa shape index (κ1) is 17.2. The van der Waals surface area contributed by atoms with E-state index < -0.39 is 0 Å². The molecule has 1 fully saturated rings. The molecule has 0 saturated carbocycles. The number of hydrogen-bond donors (Lipinski definition) is 3. The highest BCUT2D eigenvalue weighted by Crippen LogP contribution is 2.15. The molecule has 1 aliphatic heterocycles. The Balaban J connectivity index is 1.43. The van der Waals surface area contributed by atoms with E-state index in [2.05, 4.69) is 21.0 Å². The first-order valence-corrected chi connectivity index (χ1v) is 8.61. The van der Waals surface area contributed by atoms with E-state index in [9.17, 15) is 9.59 Å². The summed E-state index contributed by atoms with van der Waals surface area (Å²) in [6.07, 6.45) is 4.24. The lowest BCUT2D eigenvalue weighted by atomic mass is 10.1. The molecule has 1 atom stereocenters. The van der Waals surface area contributed by atoms with E-state index in [1.807, 2.05) is 41.2 Å². The van der Waals surface area contributed by atoms with Gasteiger partial charge in [-0.15, -0.1) is 0 Å². The number of anilines is 1. The van der Waals surface area contributed by atoms with Gasteiger partial charge in [-0.1, -0.05) is 18.2 Å². The lowest BCUT2D eigenvalue weighted by molar-refractivity contribution is -0.116. The fraction of sp³-hybridized carbons (Fsp3) is 0.389. The van der Waals surface area contributed by atoms with Crippen molar-refractivity contribution in [1.82, 2.24) is 20.4 Å². The third kappa shape index (κ3) is 4.90. The zero-order valence-electron chi connectivity index (χ0n) is 14.1. The van der Waals surface area contributed by atoms with Crippen LogP contribution in [0.1, 0.15) is 35.8 Å². The van der Waals surface area contributed by atoms with Gasteiger partial charge in [0.15, 0.2) is 0 Å². The third-order valence-corrected chi connectivity index (χ3v) is 4.18. The Morgan fingerprint density at radius 2 is 2.08 bits per heavy atom. The van der Waals surface area contributed by atoms with Crippen LogP contribution in [-0.4, -0.2) is 41.2 Å². The van der Waals surface area contributed by atoms with Crippen LogP contribution in [0.4, 0.5) is 5.69 Å². The number of amides is 2. The molecule has 25 heavy (non-hydrogen) atoms. The summed E-state index contributed by atoms with van der Waals surface area (Å²) >= 11 is 0. The highest BCUT2D eigenvalue weighted by molar-refractivity contribution is 5.93. The van der Waals surface area contributed by atoms with Crippen molar-refractivity contribution in [3.63, 3.8) is 0 Å². The van der Waals surface area contributed by atoms with Crippen LogP contribution in [0.2, 0.25) is 0 Å². The number of para-hydroxylation sites is 1. The minimum atomic E-state index is -0.255. The Bertz CT molecular complexity index is 707. The summed E-state index contributed by atoms with van der Waals surface area (Å²) in [5.41, 5.74) is 1.13. The molecule has 0 radical (unpaired) electrons. The van der Waals surface area contributed by atoms with Crippen LogP contribution in [0, 0.1) is 0 Å². The summed E-state index contributed by atoms with van der Waals surface area (Å²) in [7, 11) is 0. The van der Waals surface area contributed by atoms with Crippen molar-refractivity contribution in [2.45, 2.75) is 25.3 Å². The van der Waals surface area contributed by atoms with Crippen LogP contribution in [0.25, 0.3) is 0 Å². The summed E-state index contributed by atoms with van der Waals surface area (Å²) in [5, 5.41) is 13.2. The maximum atomic E-state index is 12.1. The summed E-state index contributed by atoms with van der Waals surface area (Å²) in [6, 6.07) is 11.3. The third-order valence-electron chi connectivity index (χ3n) is 4.18. The van der Waals surface area contributed by atoms with Crippen LogP contribution >= 0.6 is 0 Å². The lowest BCUT2D eigenvalue weighted by Gasteiger charge is -2.22. The van der Waals surface area contributed by atoms with E-state index in [0.29, 0.717) is 11.7 Å². The predicted octanol–water partition coefficient (Wildman–Crippen LogP) is 1.57. The Morgan fingerprint density at radius 1 is 1.24 bits per heavy atom. The number of hydrogen-bond acceptors (Lipinski definition) is 4. The smallest absolute Gasteiger partial charge is 0.271 e. The molecule has 2 heterocycles. The Morgan fingerprint density at radius 3 is 2.84 bits per heavy atom. The van der Waals surface area contributed by atoms with Gasteiger partial charge >= 0.3 is 0 Å². The Kier molecular flexibility index (Phi) is 5.79. The number of carbonyl (C=O) groups excluding carboxylic acids is 2. The Hall–Kier alpha value is -2.67. The molecular formula is C18H23N5O2. The molecule has 1 aromatic carbocycles. The van der Waals surface area contributed by atoms with E-state index in [1.54, 1.807) is 6.07 Å². The number of aromatic nitrogens is 2. The molecule has 0 spiro atoms. The number of nitrogens with zero attached hydrogens (tertiary/aromatic N) is 2. The zero-order valence-corrected chi connectivity index (χ0v) is 14.1. The standard InChI is InChI=1S/C18H23N5O2/c24-17(21-14-5-2-1-3-6-14)8-11-20-18(25)16-9-12-23(22-16)15-7-4-10-19-13-15/h1-3,5-6,9,12,15,19H,4,7-8,10-11,13H2,(H,20,25)(H,21,24). The first-order chi connectivity index (χ1) is 12.2. The number of benzene rings is 1. The highest BCUT2D eigenvalue weighted by atomic mass is 16.2. The highest BCUT2D eigenvalue weighted by Gasteiger charge is 2.17. The molecule has 3 rings (SSSR count). The molecular weight excluding hydrogens is 318 g/mol. The van der Waals surface area contributed by atoms with Crippen molar-refractivity contribution in [2.75, 3.05) is 25.0 Å². The fourth-order valence-corrected chi connectivity index (χ4v) is 2.85. The van der Waals surface area contributed by atoms with Crippen molar-refractivity contribution < 1.29 is 9.59 Å². The van der Waals surface area contributed by atoms with Crippen LogP contribution in [0.15, 0.2) is 42.6 Å². The molecule has 1 aliphatic rings. The van der Waals surface area contributed by atoms with Crippen LogP contribution < -0.4 is 16.0 Å². The van der Waals surface area contributed by atoms with Gasteiger partial charge in [-0.05, 0) is 37.6 Å². The predicted molar refractivity (Wildman–Crippen MR) is 95.4 cm³/mol. The second kappa shape index (κ2) is 8.43. The van der Waals surface area contributed by atoms with Gasteiger partial charge in [-0.25, -0.2) is 0 Å². The summed E-state index contributed by atoms with van der Waals surface area (Å²) in [6.45, 7) is 2.19. The van der Waals surface area contributed by atoms with Crippen LogP contribution in [-0.2, 0) is 4.79 Å². The van der Waals surface area contributed by atoms with E-state index in [-0.39, 0.29) is 24.8 Å². The molecule has 3 N–H and O–H groups in total. The summed E-state index contributed by atoms with van der Waals surface area (Å²) < 4.78 is 1.85. The SMILES string of the molecule is O=C(CCNC(=O)c1ccn(C2CCCNC2)n1)Nc1ccccc1. The van der Waals surface area contributed by atoms with Gasteiger partial charge in [0.1, 0.15) is 5.69 Å². The van der Waals surface area contributed by atoms with Gasteiger partial charge in [0.25, 0.3) is 5.91 Å². The molecule has 2 amide bonds. The van der Waals surface area contributed by atoms with Crippen LogP contribution in [0.5, 0.6) is 0 Å². The van der Waals surface area contributed by atoms with Gasteiger partial charge in [0.05, 0.1) is 6.04 Å². The normalized spacial score (nSPS) is 17.0. The average molecular weight is 341 g/mol. The van der Waals surface area contributed by atoms with Gasteiger partial charge < -0.3 is 16.0 Å². The molecule has 0 bridgehead atoms. The minimum Gasteiger partial charge on any atom is -0.350 e. The van der Waals surface area contributed by atoms with Crippen molar-refractivity contribution in [3.8, 4) is 0 Å². The summed E-state index contributed by atoms with van der Waals surface area (Å²) in [5.74, 6) is -0.389. The number of piperidine rings is 1. The van der Waals surface area contributed by atoms with Crippen molar-refractivity contribution in [2.24, 2.45) is 0 Å². The maximum absolute atomic E-state index is 12.1. The number of nitrogens with one attached hydrogen (secondary N) is 3.